The minimum absolute atomic E-state index is 0.267. The number of nitrogens with zero attached hydrogens (tertiary/aromatic N) is 4. The topological polar surface area (TPSA) is 95.0 Å². The lowest BCUT2D eigenvalue weighted by atomic mass is 10.1. The summed E-state index contributed by atoms with van der Waals surface area (Å²) in [6.45, 7) is 1.84. The number of aryl methyl sites for hydroxylation is 2. The van der Waals surface area contributed by atoms with E-state index in [9.17, 15) is 9.59 Å². The van der Waals surface area contributed by atoms with Crippen LogP contribution in [0.15, 0.2) is 58.0 Å². The van der Waals surface area contributed by atoms with E-state index in [2.05, 4.69) is 15.5 Å². The van der Waals surface area contributed by atoms with Gasteiger partial charge in [-0.05, 0) is 37.3 Å². The monoisotopic (exact) mass is 349 g/mol. The van der Waals surface area contributed by atoms with E-state index < -0.39 is 5.76 Å². The van der Waals surface area contributed by atoms with Crippen molar-refractivity contribution in [2.45, 2.75) is 6.92 Å². The van der Waals surface area contributed by atoms with Crippen molar-refractivity contribution >= 4 is 22.7 Å². The maximum absolute atomic E-state index is 12.7. The Kier molecular flexibility index (Phi) is 3.65. The van der Waals surface area contributed by atoms with Crippen LogP contribution in [0.1, 0.15) is 16.2 Å². The van der Waals surface area contributed by atoms with Gasteiger partial charge < -0.3 is 9.73 Å². The summed E-state index contributed by atoms with van der Waals surface area (Å²) in [4.78, 5) is 24.4. The Balaban J connectivity index is 1.68. The summed E-state index contributed by atoms with van der Waals surface area (Å²) in [5.74, 6) is -0.128. The molecule has 0 aliphatic carbocycles. The maximum Gasteiger partial charge on any atom is 0.419 e. The van der Waals surface area contributed by atoms with Gasteiger partial charge in [0, 0.05) is 12.7 Å². The van der Waals surface area contributed by atoms with Gasteiger partial charge in [0.05, 0.1) is 16.8 Å². The summed E-state index contributed by atoms with van der Waals surface area (Å²) < 4.78 is 8.39. The van der Waals surface area contributed by atoms with Crippen molar-refractivity contribution in [3.63, 3.8) is 0 Å². The van der Waals surface area contributed by atoms with E-state index in [0.717, 1.165) is 11.5 Å². The number of amides is 1. The smallest absolute Gasteiger partial charge is 0.407 e. The van der Waals surface area contributed by atoms with Gasteiger partial charge in [-0.15, -0.1) is 10.2 Å². The molecule has 0 saturated carbocycles. The number of hydrogen-bond acceptors (Lipinski definition) is 5. The van der Waals surface area contributed by atoms with Gasteiger partial charge in [-0.3, -0.25) is 13.9 Å². The molecule has 0 spiro atoms. The summed E-state index contributed by atoms with van der Waals surface area (Å²) in [6, 6.07) is 12.4. The number of benzene rings is 2. The molecule has 0 unspecified atom stereocenters. The summed E-state index contributed by atoms with van der Waals surface area (Å²) in [7, 11) is 1.60. The molecule has 2 aromatic carbocycles. The molecule has 2 heterocycles. The molecule has 1 amide bonds. The highest BCUT2D eigenvalue weighted by Crippen LogP contribution is 2.20. The Bertz CT molecular complexity index is 1180. The first kappa shape index (κ1) is 15.8. The van der Waals surface area contributed by atoms with E-state index >= 15 is 0 Å². The van der Waals surface area contributed by atoms with Crippen molar-refractivity contribution in [1.82, 2.24) is 19.3 Å². The van der Waals surface area contributed by atoms with E-state index in [4.69, 9.17) is 4.42 Å². The number of rotatable bonds is 3. The molecule has 0 fully saturated rings. The van der Waals surface area contributed by atoms with Crippen LogP contribution in [0.2, 0.25) is 0 Å². The quantitative estimate of drug-likeness (QED) is 0.612. The van der Waals surface area contributed by atoms with E-state index in [1.165, 1.54) is 4.57 Å². The predicted molar refractivity (Wildman–Crippen MR) is 95.5 cm³/mol. The maximum atomic E-state index is 12.7. The van der Waals surface area contributed by atoms with Crippen molar-refractivity contribution in [3.05, 3.63) is 70.7 Å². The van der Waals surface area contributed by atoms with Crippen LogP contribution in [-0.2, 0) is 7.05 Å². The minimum Gasteiger partial charge on any atom is -0.407 e. The fraction of sp³-hybridized carbons (Fsp3) is 0.111. The Labute approximate surface area is 147 Å². The van der Waals surface area contributed by atoms with Gasteiger partial charge in [-0.1, -0.05) is 12.1 Å². The highest BCUT2D eigenvalue weighted by atomic mass is 16.4. The van der Waals surface area contributed by atoms with Crippen LogP contribution in [0.4, 0.5) is 5.69 Å². The zero-order chi connectivity index (χ0) is 18.3. The molecule has 130 valence electrons. The standard InChI is InChI=1S/C18H15N5O3/c1-11-21-19-10-23(11)13-6-3-5-12(9-13)20-17(24)14-7-4-8-15-16(14)26-18(25)22(15)2/h3-10H,1-2H3,(H,20,24). The number of nitrogens with one attached hydrogen (secondary N) is 1. The first-order valence-electron chi connectivity index (χ1n) is 7.91. The summed E-state index contributed by atoms with van der Waals surface area (Å²) in [5, 5.41) is 10.7. The SMILES string of the molecule is Cc1nncn1-c1cccc(NC(=O)c2cccc3c2oc(=O)n3C)c1. The average molecular weight is 349 g/mol. The second kappa shape index (κ2) is 5.99. The number of oxazole rings is 1. The molecule has 0 aliphatic rings. The van der Waals surface area contributed by atoms with Gasteiger partial charge in [0.25, 0.3) is 5.91 Å². The van der Waals surface area contributed by atoms with Crippen molar-refractivity contribution in [1.29, 1.82) is 0 Å². The average Bonchev–Trinajstić information content (AvgIpc) is 3.19. The second-order valence-electron chi connectivity index (χ2n) is 5.83. The van der Waals surface area contributed by atoms with Crippen LogP contribution in [0, 0.1) is 6.92 Å². The fourth-order valence-corrected chi connectivity index (χ4v) is 2.81. The number of anilines is 1. The molecule has 8 heteroatoms. The number of hydrogen-bond donors (Lipinski definition) is 1. The van der Waals surface area contributed by atoms with Crippen molar-refractivity contribution in [2.24, 2.45) is 7.05 Å². The van der Waals surface area contributed by atoms with E-state index in [-0.39, 0.29) is 11.5 Å². The van der Waals surface area contributed by atoms with E-state index in [1.807, 2.05) is 29.7 Å². The Morgan fingerprint density at radius 1 is 1.19 bits per heavy atom. The third-order valence-corrected chi connectivity index (χ3v) is 4.16. The molecule has 0 bridgehead atoms. The lowest BCUT2D eigenvalue weighted by molar-refractivity contribution is 0.102. The molecule has 0 saturated heterocycles. The van der Waals surface area contributed by atoms with Gasteiger partial charge >= 0.3 is 5.76 Å². The molecule has 2 aromatic heterocycles. The van der Waals surface area contributed by atoms with E-state index in [0.29, 0.717) is 16.8 Å². The van der Waals surface area contributed by atoms with Gasteiger partial charge in [-0.25, -0.2) is 4.79 Å². The Morgan fingerprint density at radius 2 is 2.00 bits per heavy atom. The number of fused-ring (bicyclic) bond motifs is 1. The van der Waals surface area contributed by atoms with Crippen LogP contribution in [-0.4, -0.2) is 25.2 Å². The molecule has 26 heavy (non-hydrogen) atoms. The first-order chi connectivity index (χ1) is 12.5. The third kappa shape index (κ3) is 2.57. The molecular formula is C18H15N5O3. The number of para-hydroxylation sites is 1. The fourth-order valence-electron chi connectivity index (χ4n) is 2.81. The zero-order valence-electron chi connectivity index (χ0n) is 14.1. The molecule has 1 N–H and O–H groups in total. The van der Waals surface area contributed by atoms with Crippen LogP contribution >= 0.6 is 0 Å². The molecule has 0 radical (unpaired) electrons. The highest BCUT2D eigenvalue weighted by Gasteiger charge is 2.16. The molecule has 4 rings (SSSR count). The van der Waals surface area contributed by atoms with Crippen LogP contribution < -0.4 is 11.1 Å². The Hall–Kier alpha value is -3.68. The number of carbonyl (C=O) groups is 1. The molecular weight excluding hydrogens is 334 g/mol. The van der Waals surface area contributed by atoms with Gasteiger partial charge in [-0.2, -0.15) is 0 Å². The summed E-state index contributed by atoms with van der Waals surface area (Å²) >= 11 is 0. The molecule has 4 aromatic rings. The minimum atomic E-state index is -0.509. The first-order valence-corrected chi connectivity index (χ1v) is 7.91. The molecule has 0 aliphatic heterocycles. The predicted octanol–water partition coefficient (Wildman–Crippen LogP) is 2.27. The van der Waals surface area contributed by atoms with Crippen molar-refractivity contribution in [3.8, 4) is 5.69 Å². The van der Waals surface area contributed by atoms with Crippen molar-refractivity contribution < 1.29 is 9.21 Å². The largest absolute Gasteiger partial charge is 0.419 e. The summed E-state index contributed by atoms with van der Waals surface area (Å²) in [5.41, 5.74) is 2.57. The summed E-state index contributed by atoms with van der Waals surface area (Å²) in [6.07, 6.45) is 1.61. The Morgan fingerprint density at radius 3 is 2.77 bits per heavy atom. The molecule has 0 atom stereocenters. The van der Waals surface area contributed by atoms with Crippen LogP contribution in [0.25, 0.3) is 16.8 Å². The zero-order valence-corrected chi connectivity index (χ0v) is 14.1. The normalized spacial score (nSPS) is 11.0. The van der Waals surface area contributed by atoms with E-state index in [1.54, 1.807) is 37.6 Å². The third-order valence-electron chi connectivity index (χ3n) is 4.16. The van der Waals surface area contributed by atoms with Crippen molar-refractivity contribution in [2.75, 3.05) is 5.32 Å². The van der Waals surface area contributed by atoms with Crippen LogP contribution in [0.3, 0.4) is 0 Å². The lowest BCUT2D eigenvalue weighted by Crippen LogP contribution is -2.12. The lowest BCUT2D eigenvalue weighted by Gasteiger charge is -2.09. The van der Waals surface area contributed by atoms with Crippen LogP contribution in [0.5, 0.6) is 0 Å². The van der Waals surface area contributed by atoms with Gasteiger partial charge in [0.1, 0.15) is 12.2 Å². The second-order valence-corrected chi connectivity index (χ2v) is 5.83. The van der Waals surface area contributed by atoms with Gasteiger partial charge in [0.2, 0.25) is 0 Å². The highest BCUT2D eigenvalue weighted by molar-refractivity contribution is 6.11. The van der Waals surface area contributed by atoms with Gasteiger partial charge in [0.15, 0.2) is 5.58 Å². The molecule has 8 nitrogen and oxygen atoms in total. The number of aromatic nitrogens is 4. The number of carbonyl (C=O) groups excluding carboxylic acids is 1.